The second-order valence-corrected chi connectivity index (χ2v) is 7.90. The number of hydrogen-bond donors (Lipinski definition) is 3. The Morgan fingerprint density at radius 2 is 1.70 bits per heavy atom. The van der Waals surface area contributed by atoms with Gasteiger partial charge in [0.25, 0.3) is 0 Å². The van der Waals surface area contributed by atoms with Crippen LogP contribution in [0.5, 0.6) is 0 Å². The number of amides is 1. The first-order valence-electron chi connectivity index (χ1n) is 10.5. The number of carbonyl (C=O) groups excluding carboxylic acids is 1. The Kier molecular flexibility index (Phi) is 6.30. The highest BCUT2D eigenvalue weighted by Gasteiger charge is 2.33. The fraction of sp³-hybridized carbons (Fsp3) is 0.208. The van der Waals surface area contributed by atoms with E-state index in [2.05, 4.69) is 20.6 Å². The molecule has 5 N–H and O–H groups in total. The zero-order valence-electron chi connectivity index (χ0n) is 17.6. The highest BCUT2D eigenvalue weighted by molar-refractivity contribution is 5.94. The molecule has 0 unspecified atom stereocenters. The number of para-hydroxylation sites is 1. The fourth-order valence-electron chi connectivity index (χ4n) is 3.34. The number of benzene rings is 2. The smallest absolute Gasteiger partial charge is 0.348 e. The van der Waals surface area contributed by atoms with Crippen LogP contribution >= 0.6 is 0 Å². The molecule has 0 atom stereocenters. The number of guanidine groups is 1. The molecule has 170 valence electrons. The number of aromatic nitrogens is 1. The summed E-state index contributed by atoms with van der Waals surface area (Å²) in [5.41, 5.74) is 7.35. The number of halogens is 3. The van der Waals surface area contributed by atoms with E-state index in [1.807, 2.05) is 30.3 Å². The molecule has 1 amide bonds. The SMILES string of the molecule is NC(=Nc1ccc(-c2ccc(NC(=O)CC3CC3)cc2)c[nH+]1)Nc1ccccc1C(F)(F)F. The second-order valence-electron chi connectivity index (χ2n) is 7.90. The van der Waals surface area contributed by atoms with Gasteiger partial charge in [-0.3, -0.25) is 4.79 Å². The van der Waals surface area contributed by atoms with Crippen LogP contribution in [0.25, 0.3) is 11.1 Å². The zero-order valence-corrected chi connectivity index (χ0v) is 17.6. The van der Waals surface area contributed by atoms with E-state index in [1.165, 1.54) is 18.2 Å². The third-order valence-corrected chi connectivity index (χ3v) is 5.21. The van der Waals surface area contributed by atoms with Crippen molar-refractivity contribution in [2.45, 2.75) is 25.4 Å². The van der Waals surface area contributed by atoms with E-state index in [0.29, 0.717) is 18.2 Å². The van der Waals surface area contributed by atoms with Gasteiger partial charge in [-0.25, -0.2) is 4.98 Å². The molecule has 1 heterocycles. The molecule has 33 heavy (non-hydrogen) atoms. The van der Waals surface area contributed by atoms with E-state index < -0.39 is 11.7 Å². The molecule has 1 saturated carbocycles. The number of aliphatic imine (C=N–C) groups is 1. The lowest BCUT2D eigenvalue weighted by Gasteiger charge is -2.12. The van der Waals surface area contributed by atoms with E-state index in [9.17, 15) is 18.0 Å². The molecule has 1 fully saturated rings. The number of nitrogens with two attached hydrogens (primary N) is 1. The van der Waals surface area contributed by atoms with Gasteiger partial charge >= 0.3 is 18.0 Å². The second kappa shape index (κ2) is 9.32. The largest absolute Gasteiger partial charge is 0.418 e. The number of rotatable bonds is 6. The van der Waals surface area contributed by atoms with Crippen molar-refractivity contribution < 1.29 is 22.9 Å². The number of nitrogens with zero attached hydrogens (tertiary/aromatic N) is 1. The number of nitrogens with one attached hydrogen (secondary N) is 3. The highest BCUT2D eigenvalue weighted by atomic mass is 19.4. The van der Waals surface area contributed by atoms with Gasteiger partial charge in [0.15, 0.2) is 0 Å². The first-order valence-corrected chi connectivity index (χ1v) is 10.5. The lowest BCUT2D eigenvalue weighted by Crippen LogP contribution is -2.24. The van der Waals surface area contributed by atoms with E-state index in [0.717, 1.165) is 35.7 Å². The molecule has 9 heteroatoms. The van der Waals surface area contributed by atoms with Crippen LogP contribution in [0.4, 0.5) is 30.4 Å². The van der Waals surface area contributed by atoms with Crippen molar-refractivity contribution in [1.29, 1.82) is 0 Å². The monoisotopic (exact) mass is 454 g/mol. The average Bonchev–Trinajstić information content (AvgIpc) is 3.58. The predicted molar refractivity (Wildman–Crippen MR) is 121 cm³/mol. The van der Waals surface area contributed by atoms with Gasteiger partial charge in [0.2, 0.25) is 5.91 Å². The minimum Gasteiger partial charge on any atom is -0.348 e. The van der Waals surface area contributed by atoms with Crippen LogP contribution in [-0.4, -0.2) is 11.9 Å². The van der Waals surface area contributed by atoms with Crippen LogP contribution in [-0.2, 0) is 11.0 Å². The van der Waals surface area contributed by atoms with Crippen LogP contribution in [0.3, 0.4) is 0 Å². The molecule has 2 aromatic carbocycles. The summed E-state index contributed by atoms with van der Waals surface area (Å²) in [4.78, 5) is 19.0. The molecule has 6 nitrogen and oxygen atoms in total. The number of hydrogen-bond acceptors (Lipinski definition) is 2. The molecule has 1 aliphatic carbocycles. The summed E-state index contributed by atoms with van der Waals surface area (Å²) in [6, 6.07) is 16.0. The van der Waals surface area contributed by atoms with Gasteiger partial charge in [-0.15, -0.1) is 0 Å². The van der Waals surface area contributed by atoms with Crippen molar-refractivity contribution in [1.82, 2.24) is 0 Å². The Hall–Kier alpha value is -3.88. The van der Waals surface area contributed by atoms with Crippen LogP contribution < -0.4 is 21.4 Å². The average molecular weight is 454 g/mol. The van der Waals surface area contributed by atoms with Gasteiger partial charge in [0.05, 0.1) is 17.4 Å². The molecule has 1 aliphatic rings. The molecule has 0 spiro atoms. The lowest BCUT2D eigenvalue weighted by molar-refractivity contribution is -0.361. The van der Waals surface area contributed by atoms with Gasteiger partial charge in [0.1, 0.15) is 0 Å². The summed E-state index contributed by atoms with van der Waals surface area (Å²) in [5, 5.41) is 5.40. The fourth-order valence-corrected chi connectivity index (χ4v) is 3.34. The van der Waals surface area contributed by atoms with E-state index >= 15 is 0 Å². The Balaban J connectivity index is 1.41. The number of aromatic amines is 1. The topological polar surface area (TPSA) is 93.6 Å². The molecule has 0 bridgehead atoms. The van der Waals surface area contributed by atoms with Crippen LogP contribution in [0.2, 0.25) is 0 Å². The summed E-state index contributed by atoms with van der Waals surface area (Å²) < 4.78 is 39.4. The Morgan fingerprint density at radius 1 is 1.00 bits per heavy atom. The Labute approximate surface area is 188 Å². The number of alkyl halides is 3. The van der Waals surface area contributed by atoms with Crippen molar-refractivity contribution in [3.8, 4) is 11.1 Å². The van der Waals surface area contributed by atoms with E-state index in [1.54, 1.807) is 12.3 Å². The molecule has 1 aromatic heterocycles. The van der Waals surface area contributed by atoms with Gasteiger partial charge in [-0.1, -0.05) is 24.3 Å². The van der Waals surface area contributed by atoms with Gasteiger partial charge in [-0.2, -0.15) is 13.2 Å². The summed E-state index contributed by atoms with van der Waals surface area (Å²) >= 11 is 0. The van der Waals surface area contributed by atoms with Crippen molar-refractivity contribution in [2.75, 3.05) is 10.6 Å². The molecular formula is C24H23F3N5O+. The first kappa shape index (κ1) is 22.3. The third-order valence-electron chi connectivity index (χ3n) is 5.21. The van der Waals surface area contributed by atoms with Crippen molar-refractivity contribution >= 4 is 29.1 Å². The van der Waals surface area contributed by atoms with E-state index in [-0.39, 0.29) is 17.6 Å². The lowest BCUT2D eigenvalue weighted by atomic mass is 10.1. The normalized spacial score (nSPS) is 14.1. The van der Waals surface area contributed by atoms with E-state index in [4.69, 9.17) is 5.73 Å². The van der Waals surface area contributed by atoms with Crippen LogP contribution in [0, 0.1) is 5.92 Å². The predicted octanol–water partition coefficient (Wildman–Crippen LogP) is 4.98. The Morgan fingerprint density at radius 3 is 2.33 bits per heavy atom. The number of carbonyl (C=O) groups is 1. The molecule has 0 radical (unpaired) electrons. The minimum absolute atomic E-state index is 0.0323. The van der Waals surface area contributed by atoms with Gasteiger partial charge < -0.3 is 16.4 Å². The maximum atomic E-state index is 13.1. The third kappa shape index (κ3) is 6.09. The highest BCUT2D eigenvalue weighted by Crippen LogP contribution is 2.34. The van der Waals surface area contributed by atoms with Crippen molar-refractivity contribution in [3.63, 3.8) is 0 Å². The number of anilines is 2. The Bertz CT molecular complexity index is 1150. The number of H-pyrrole nitrogens is 1. The van der Waals surface area contributed by atoms with Crippen molar-refractivity contribution in [2.24, 2.45) is 16.6 Å². The van der Waals surface area contributed by atoms with Crippen molar-refractivity contribution in [3.05, 3.63) is 72.4 Å². The summed E-state index contributed by atoms with van der Waals surface area (Å²) in [6.45, 7) is 0. The number of pyridine rings is 1. The molecule has 0 aliphatic heterocycles. The van der Waals surface area contributed by atoms with Gasteiger partial charge in [0, 0.05) is 23.7 Å². The maximum absolute atomic E-state index is 13.1. The molecule has 0 saturated heterocycles. The van der Waals surface area contributed by atoms with Crippen LogP contribution in [0.15, 0.2) is 71.9 Å². The molecule has 3 aromatic rings. The first-order chi connectivity index (χ1) is 15.8. The van der Waals surface area contributed by atoms with Gasteiger partial charge in [-0.05, 0) is 59.6 Å². The molecule has 4 rings (SSSR count). The quantitative estimate of drug-likeness (QED) is 0.362. The van der Waals surface area contributed by atoms with Crippen LogP contribution in [0.1, 0.15) is 24.8 Å². The zero-order chi connectivity index (χ0) is 23.4. The molecular weight excluding hydrogens is 431 g/mol. The summed E-state index contributed by atoms with van der Waals surface area (Å²) in [6.07, 6.45) is 0.0407. The summed E-state index contributed by atoms with van der Waals surface area (Å²) in [5.74, 6) is 0.758. The minimum atomic E-state index is -4.51. The maximum Gasteiger partial charge on any atom is 0.418 e. The standard InChI is InChI=1S/C24H22F3N5O/c25-24(26,27)19-3-1-2-4-20(19)31-23(28)32-21-12-9-17(14-29-21)16-7-10-18(11-8-16)30-22(33)13-15-5-6-15/h1-4,7-12,14-15H,5-6,13H2,(H,30,33)(H3,28,29,31,32)/p+1. The summed E-state index contributed by atoms with van der Waals surface area (Å²) in [7, 11) is 0.